The van der Waals surface area contributed by atoms with Crippen LogP contribution in [-0.2, 0) is 0 Å². The van der Waals surface area contributed by atoms with E-state index in [1.807, 2.05) is 13.8 Å². The Morgan fingerprint density at radius 2 is 2.00 bits per heavy atom. The lowest BCUT2D eigenvalue weighted by molar-refractivity contribution is 0.0154. The standard InChI is InChI=1S/C19H30FN5O.HI/c1-3-21-19(23-13-16-14-24-8-10-25(16)11-9-24)22-12-15(2)26-18-7-5-4-6-17(18)20;/h4-7,15-16H,3,8-14H2,1-2H3,(H2,21,22,23);1H. The normalized spacial score (nSPS) is 25.4. The fraction of sp³-hybridized carbons (Fsp3) is 0.632. The van der Waals surface area contributed by atoms with Gasteiger partial charge in [0.25, 0.3) is 0 Å². The van der Waals surface area contributed by atoms with Crippen molar-refractivity contribution in [3.05, 3.63) is 30.1 Å². The largest absolute Gasteiger partial charge is 0.486 e. The van der Waals surface area contributed by atoms with E-state index in [0.29, 0.717) is 12.6 Å². The summed E-state index contributed by atoms with van der Waals surface area (Å²) in [5, 5.41) is 6.72. The van der Waals surface area contributed by atoms with Crippen molar-refractivity contribution in [2.75, 3.05) is 52.4 Å². The highest BCUT2D eigenvalue weighted by molar-refractivity contribution is 14.0. The predicted octanol–water partition coefficient (Wildman–Crippen LogP) is 1.77. The number of para-hydroxylation sites is 1. The van der Waals surface area contributed by atoms with Crippen LogP contribution in [0.3, 0.4) is 0 Å². The molecular weight excluding hydrogens is 460 g/mol. The minimum Gasteiger partial charge on any atom is -0.486 e. The van der Waals surface area contributed by atoms with Crippen molar-refractivity contribution in [3.63, 3.8) is 0 Å². The SMILES string of the molecule is CCNC(=NCC(C)Oc1ccccc1F)NCC1CN2CCN1CC2.I. The third kappa shape index (κ3) is 6.46. The predicted molar refractivity (Wildman–Crippen MR) is 118 cm³/mol. The number of aliphatic imine (C=N–C) groups is 1. The van der Waals surface area contributed by atoms with Crippen LogP contribution >= 0.6 is 24.0 Å². The minimum absolute atomic E-state index is 0. The molecule has 3 aliphatic rings. The fourth-order valence-electron chi connectivity index (χ4n) is 3.49. The quantitative estimate of drug-likeness (QED) is 0.346. The number of hydrogen-bond acceptors (Lipinski definition) is 4. The maximum atomic E-state index is 13.7. The Bertz CT molecular complexity index is 610. The van der Waals surface area contributed by atoms with Gasteiger partial charge >= 0.3 is 0 Å². The zero-order chi connectivity index (χ0) is 18.4. The Morgan fingerprint density at radius 1 is 1.26 bits per heavy atom. The summed E-state index contributed by atoms with van der Waals surface area (Å²) in [5.41, 5.74) is 0. The van der Waals surface area contributed by atoms with Crippen LogP contribution in [0.5, 0.6) is 5.75 Å². The van der Waals surface area contributed by atoms with E-state index in [1.165, 1.54) is 19.2 Å². The summed E-state index contributed by atoms with van der Waals surface area (Å²) in [6.07, 6.45) is -0.206. The van der Waals surface area contributed by atoms with Crippen molar-refractivity contribution in [3.8, 4) is 5.75 Å². The summed E-state index contributed by atoms with van der Waals surface area (Å²) in [4.78, 5) is 9.69. The van der Waals surface area contributed by atoms with Gasteiger partial charge in [-0.25, -0.2) is 9.38 Å². The van der Waals surface area contributed by atoms with E-state index in [4.69, 9.17) is 4.74 Å². The van der Waals surface area contributed by atoms with Gasteiger partial charge in [0, 0.05) is 51.9 Å². The molecule has 0 saturated carbocycles. The van der Waals surface area contributed by atoms with Gasteiger partial charge in [-0.3, -0.25) is 9.80 Å². The lowest BCUT2D eigenvalue weighted by atomic mass is 10.1. The Hall–Kier alpha value is -1.13. The molecule has 1 aromatic carbocycles. The molecule has 2 N–H and O–H groups in total. The summed E-state index contributed by atoms with van der Waals surface area (Å²) >= 11 is 0. The van der Waals surface area contributed by atoms with E-state index >= 15 is 0 Å². The first-order valence-corrected chi connectivity index (χ1v) is 9.55. The number of piperazine rings is 3. The number of nitrogens with zero attached hydrogens (tertiary/aromatic N) is 3. The molecule has 0 aromatic heterocycles. The third-order valence-electron chi connectivity index (χ3n) is 4.91. The zero-order valence-electron chi connectivity index (χ0n) is 16.2. The summed E-state index contributed by atoms with van der Waals surface area (Å²) in [6.45, 7) is 11.9. The van der Waals surface area contributed by atoms with E-state index in [2.05, 4.69) is 25.4 Å². The molecule has 0 spiro atoms. The van der Waals surface area contributed by atoms with E-state index < -0.39 is 0 Å². The average molecular weight is 491 g/mol. The molecule has 152 valence electrons. The molecule has 6 nitrogen and oxygen atoms in total. The highest BCUT2D eigenvalue weighted by Crippen LogP contribution is 2.17. The molecule has 3 fully saturated rings. The molecule has 3 saturated heterocycles. The number of benzene rings is 1. The van der Waals surface area contributed by atoms with Crippen molar-refractivity contribution in [1.29, 1.82) is 0 Å². The number of fused-ring (bicyclic) bond motifs is 3. The molecule has 1 aromatic rings. The van der Waals surface area contributed by atoms with Gasteiger partial charge in [0.1, 0.15) is 6.10 Å². The third-order valence-corrected chi connectivity index (χ3v) is 4.91. The average Bonchev–Trinajstić information content (AvgIpc) is 2.67. The second-order valence-electron chi connectivity index (χ2n) is 6.95. The summed E-state index contributed by atoms with van der Waals surface area (Å²) in [7, 11) is 0. The second-order valence-corrected chi connectivity index (χ2v) is 6.95. The molecular formula is C19H31FIN5O. The fourth-order valence-corrected chi connectivity index (χ4v) is 3.49. The summed E-state index contributed by atoms with van der Waals surface area (Å²) in [5.74, 6) is 0.715. The minimum atomic E-state index is -0.343. The van der Waals surface area contributed by atoms with E-state index in [0.717, 1.165) is 38.7 Å². The lowest BCUT2D eigenvalue weighted by Crippen LogP contribution is -2.63. The van der Waals surface area contributed by atoms with Crippen LogP contribution in [0.25, 0.3) is 0 Å². The molecule has 4 rings (SSSR count). The second kappa shape index (κ2) is 11.0. The maximum absolute atomic E-state index is 13.7. The number of rotatable bonds is 7. The molecule has 27 heavy (non-hydrogen) atoms. The van der Waals surface area contributed by atoms with Crippen LogP contribution < -0.4 is 15.4 Å². The van der Waals surface area contributed by atoms with Crippen molar-refractivity contribution in [1.82, 2.24) is 20.4 Å². The molecule has 0 amide bonds. The highest BCUT2D eigenvalue weighted by atomic mass is 127. The Kier molecular flexibility index (Phi) is 9.04. The van der Waals surface area contributed by atoms with Gasteiger partial charge in [-0.15, -0.1) is 24.0 Å². The van der Waals surface area contributed by atoms with Gasteiger partial charge in [-0.05, 0) is 26.0 Å². The van der Waals surface area contributed by atoms with Crippen LogP contribution in [0.4, 0.5) is 4.39 Å². The highest BCUT2D eigenvalue weighted by Gasteiger charge is 2.31. The van der Waals surface area contributed by atoms with Gasteiger partial charge in [0.05, 0.1) is 6.54 Å². The Balaban J connectivity index is 0.00000261. The first kappa shape index (κ1) is 22.2. The van der Waals surface area contributed by atoms with E-state index in [-0.39, 0.29) is 41.6 Å². The van der Waals surface area contributed by atoms with E-state index in [1.54, 1.807) is 18.2 Å². The van der Waals surface area contributed by atoms with Crippen LogP contribution in [0.2, 0.25) is 0 Å². The number of halogens is 2. The van der Waals surface area contributed by atoms with Gasteiger partial charge in [-0.2, -0.15) is 0 Å². The number of nitrogens with one attached hydrogen (secondary N) is 2. The van der Waals surface area contributed by atoms with Gasteiger partial charge in [0.15, 0.2) is 17.5 Å². The molecule has 2 unspecified atom stereocenters. The van der Waals surface area contributed by atoms with Crippen molar-refractivity contribution < 1.29 is 9.13 Å². The van der Waals surface area contributed by atoms with Gasteiger partial charge < -0.3 is 15.4 Å². The Labute approximate surface area is 178 Å². The number of guanidine groups is 1. The Morgan fingerprint density at radius 3 is 2.63 bits per heavy atom. The first-order valence-electron chi connectivity index (χ1n) is 9.55. The smallest absolute Gasteiger partial charge is 0.191 e. The van der Waals surface area contributed by atoms with Crippen LogP contribution in [0.1, 0.15) is 13.8 Å². The summed E-state index contributed by atoms with van der Waals surface area (Å²) in [6, 6.07) is 7.00. The molecule has 3 aliphatic heterocycles. The van der Waals surface area contributed by atoms with Crippen molar-refractivity contribution >= 4 is 29.9 Å². The number of hydrogen-bond donors (Lipinski definition) is 2. The molecule has 2 bridgehead atoms. The van der Waals surface area contributed by atoms with Crippen molar-refractivity contribution in [2.24, 2.45) is 4.99 Å². The topological polar surface area (TPSA) is 52.1 Å². The van der Waals surface area contributed by atoms with Crippen molar-refractivity contribution in [2.45, 2.75) is 26.0 Å². The molecule has 2 atom stereocenters. The van der Waals surface area contributed by atoms with Crippen LogP contribution in [-0.4, -0.2) is 80.3 Å². The maximum Gasteiger partial charge on any atom is 0.191 e. The van der Waals surface area contributed by atoms with Crippen LogP contribution in [0.15, 0.2) is 29.3 Å². The monoisotopic (exact) mass is 491 g/mol. The zero-order valence-corrected chi connectivity index (χ0v) is 18.5. The number of ether oxygens (including phenoxy) is 1. The molecule has 8 heteroatoms. The summed E-state index contributed by atoms with van der Waals surface area (Å²) < 4.78 is 19.3. The van der Waals surface area contributed by atoms with E-state index in [9.17, 15) is 4.39 Å². The van der Waals surface area contributed by atoms with Gasteiger partial charge in [-0.1, -0.05) is 12.1 Å². The van der Waals surface area contributed by atoms with Gasteiger partial charge in [0.2, 0.25) is 0 Å². The molecule has 3 heterocycles. The van der Waals surface area contributed by atoms with Crippen LogP contribution in [0, 0.1) is 5.82 Å². The lowest BCUT2D eigenvalue weighted by Gasteiger charge is -2.47. The molecule has 0 aliphatic carbocycles. The first-order chi connectivity index (χ1) is 12.7. The molecule has 0 radical (unpaired) electrons.